The molecule has 3 rings (SSSR count). The summed E-state index contributed by atoms with van der Waals surface area (Å²) in [5.41, 5.74) is 2.38. The maximum absolute atomic E-state index is 13.6. The van der Waals surface area contributed by atoms with Crippen LogP contribution in [0.1, 0.15) is 39.7 Å². The minimum Gasteiger partial charge on any atom is -0.492 e. The lowest BCUT2D eigenvalue weighted by atomic mass is 9.81. The predicted molar refractivity (Wildman–Crippen MR) is 133 cm³/mol. The van der Waals surface area contributed by atoms with Crippen molar-refractivity contribution < 1.29 is 23.4 Å². The molecule has 8 heteroatoms. The van der Waals surface area contributed by atoms with E-state index in [4.69, 9.17) is 4.74 Å². The molecule has 1 aromatic carbocycles. The standard InChI is InChI=1S/C26H31BrF2N2O3/c1-15(32)31-23(11-16-7-18(28)12-19(29)8-16)24(33)14-30-22-5-6-34-25-20(22)9-17(10-21(25)27)13-26(2,3)4/h5-10,12,20,23-25,33H,11,13-14H2,1-4H3,(H,31,32). The molecule has 0 spiro atoms. The molecule has 1 amide bonds. The van der Waals surface area contributed by atoms with Crippen LogP contribution in [0.25, 0.3) is 0 Å². The lowest BCUT2D eigenvalue weighted by Crippen LogP contribution is -2.45. The number of fused-ring (bicyclic) bond motifs is 1. The number of carbonyl (C=O) groups excluding carboxylic acids is 1. The van der Waals surface area contributed by atoms with Crippen LogP contribution >= 0.6 is 15.9 Å². The fourth-order valence-corrected chi connectivity index (χ4v) is 4.91. The van der Waals surface area contributed by atoms with Gasteiger partial charge >= 0.3 is 0 Å². The normalized spacial score (nSPS) is 22.9. The van der Waals surface area contributed by atoms with Crippen LogP contribution in [-0.4, -0.2) is 41.5 Å². The number of allylic oxidation sites excluding steroid dienone is 3. The Kier molecular flexibility index (Phi) is 8.47. The summed E-state index contributed by atoms with van der Waals surface area (Å²) in [7, 11) is 0. The van der Waals surface area contributed by atoms with Crippen molar-refractivity contribution in [2.24, 2.45) is 16.3 Å². The van der Waals surface area contributed by atoms with E-state index in [-0.39, 0.29) is 36.3 Å². The topological polar surface area (TPSA) is 70.9 Å². The summed E-state index contributed by atoms with van der Waals surface area (Å²) < 4.78 is 34.0. The Balaban J connectivity index is 1.79. The number of nitrogens with one attached hydrogen (secondary N) is 1. The summed E-state index contributed by atoms with van der Waals surface area (Å²) in [5.74, 6) is -1.89. The third-order valence-corrected chi connectivity index (χ3v) is 6.23. The maximum atomic E-state index is 13.6. The van der Waals surface area contributed by atoms with E-state index in [1.807, 2.05) is 0 Å². The van der Waals surface area contributed by atoms with Gasteiger partial charge in [-0.25, -0.2) is 8.78 Å². The zero-order valence-corrected chi connectivity index (χ0v) is 21.4. The molecular weight excluding hydrogens is 506 g/mol. The number of benzene rings is 1. The first-order valence-electron chi connectivity index (χ1n) is 11.3. The molecule has 1 aromatic rings. The van der Waals surface area contributed by atoms with Crippen LogP contribution in [-0.2, 0) is 16.0 Å². The van der Waals surface area contributed by atoms with Crippen LogP contribution < -0.4 is 5.32 Å². The van der Waals surface area contributed by atoms with Gasteiger partial charge in [-0.2, -0.15) is 0 Å². The SMILES string of the molecule is CC(=O)NC(Cc1cc(F)cc(F)c1)C(O)CN=C1C=COC2C(Br)=CC(CC(C)(C)C)=CC12. The van der Waals surface area contributed by atoms with Gasteiger partial charge < -0.3 is 15.2 Å². The number of nitrogens with zero attached hydrogens (tertiary/aromatic N) is 1. The first-order chi connectivity index (χ1) is 15.9. The van der Waals surface area contributed by atoms with Crippen molar-refractivity contribution in [2.45, 2.75) is 58.8 Å². The third kappa shape index (κ3) is 7.34. The molecule has 0 radical (unpaired) electrons. The van der Waals surface area contributed by atoms with E-state index in [1.54, 1.807) is 12.3 Å². The first kappa shape index (κ1) is 26.3. The molecule has 5 nitrogen and oxygen atoms in total. The van der Waals surface area contributed by atoms with E-state index in [0.717, 1.165) is 22.7 Å². The van der Waals surface area contributed by atoms with Crippen LogP contribution in [0.4, 0.5) is 8.78 Å². The third-order valence-electron chi connectivity index (χ3n) is 5.55. The van der Waals surface area contributed by atoms with E-state index >= 15 is 0 Å². The highest BCUT2D eigenvalue weighted by molar-refractivity contribution is 9.11. The Morgan fingerprint density at radius 2 is 1.94 bits per heavy atom. The summed E-state index contributed by atoms with van der Waals surface area (Å²) in [6, 6.07) is 2.41. The van der Waals surface area contributed by atoms with E-state index in [0.29, 0.717) is 5.56 Å². The minimum atomic E-state index is -1.06. The highest BCUT2D eigenvalue weighted by atomic mass is 79.9. The number of rotatable bonds is 7. The van der Waals surface area contributed by atoms with E-state index < -0.39 is 23.8 Å². The zero-order valence-electron chi connectivity index (χ0n) is 19.8. The van der Waals surface area contributed by atoms with Crippen LogP contribution in [0, 0.1) is 23.0 Å². The van der Waals surface area contributed by atoms with Crippen molar-refractivity contribution in [3.05, 3.63) is 69.9 Å². The summed E-state index contributed by atoms with van der Waals surface area (Å²) in [5, 5.41) is 13.5. The second-order valence-corrected chi connectivity index (χ2v) is 10.9. The second kappa shape index (κ2) is 11.0. The second-order valence-electron chi connectivity index (χ2n) is 10.0. The van der Waals surface area contributed by atoms with Crippen LogP contribution in [0.3, 0.4) is 0 Å². The highest BCUT2D eigenvalue weighted by Crippen LogP contribution is 2.37. The van der Waals surface area contributed by atoms with E-state index in [9.17, 15) is 18.7 Å². The molecule has 184 valence electrons. The fraction of sp³-hybridized carbons (Fsp3) is 0.462. The molecule has 34 heavy (non-hydrogen) atoms. The van der Waals surface area contributed by atoms with Gasteiger partial charge in [-0.05, 0) is 53.7 Å². The molecule has 0 saturated carbocycles. The maximum Gasteiger partial charge on any atom is 0.217 e. The number of aliphatic hydroxyl groups is 1. The number of aliphatic imine (C=N–C) groups is 1. The van der Waals surface area contributed by atoms with Crippen LogP contribution in [0.2, 0.25) is 0 Å². The van der Waals surface area contributed by atoms with Gasteiger partial charge in [-0.3, -0.25) is 9.79 Å². The number of ether oxygens (including phenoxy) is 1. The van der Waals surface area contributed by atoms with Crippen LogP contribution in [0.15, 0.2) is 57.7 Å². The molecule has 2 N–H and O–H groups in total. The van der Waals surface area contributed by atoms with Crippen LogP contribution in [0.5, 0.6) is 0 Å². The monoisotopic (exact) mass is 536 g/mol. The minimum absolute atomic E-state index is 0.00934. The van der Waals surface area contributed by atoms with Crippen molar-refractivity contribution in [3.63, 3.8) is 0 Å². The van der Waals surface area contributed by atoms with Gasteiger partial charge in [0.25, 0.3) is 0 Å². The number of aliphatic hydroxyl groups excluding tert-OH is 1. The number of amides is 1. The largest absolute Gasteiger partial charge is 0.492 e. The van der Waals surface area contributed by atoms with E-state index in [2.05, 4.69) is 59.2 Å². The fourth-order valence-electron chi connectivity index (χ4n) is 4.23. The summed E-state index contributed by atoms with van der Waals surface area (Å²) in [4.78, 5) is 16.4. The molecule has 1 aliphatic heterocycles. The van der Waals surface area contributed by atoms with Crippen molar-refractivity contribution >= 4 is 27.5 Å². The van der Waals surface area contributed by atoms with Gasteiger partial charge in [-0.1, -0.05) is 42.8 Å². The number of carbonyl (C=O) groups is 1. The Morgan fingerprint density at radius 1 is 1.26 bits per heavy atom. The predicted octanol–water partition coefficient (Wildman–Crippen LogP) is 5.00. The number of halogens is 3. The van der Waals surface area contributed by atoms with Crippen molar-refractivity contribution in [3.8, 4) is 0 Å². The molecular formula is C26H31BrF2N2O3. The molecule has 2 aliphatic rings. The Bertz CT molecular complexity index is 1020. The quantitative estimate of drug-likeness (QED) is 0.515. The van der Waals surface area contributed by atoms with Crippen molar-refractivity contribution in [1.29, 1.82) is 0 Å². The summed E-state index contributed by atoms with van der Waals surface area (Å²) in [6.07, 6.45) is 7.27. The van der Waals surface area contributed by atoms with E-state index in [1.165, 1.54) is 24.6 Å². The lowest BCUT2D eigenvalue weighted by molar-refractivity contribution is -0.120. The van der Waals surface area contributed by atoms with Gasteiger partial charge in [-0.15, -0.1) is 0 Å². The van der Waals surface area contributed by atoms with Gasteiger partial charge in [0.2, 0.25) is 5.91 Å². The Morgan fingerprint density at radius 3 is 2.56 bits per heavy atom. The highest BCUT2D eigenvalue weighted by Gasteiger charge is 2.33. The first-order valence-corrected chi connectivity index (χ1v) is 12.0. The number of hydrogen-bond donors (Lipinski definition) is 2. The Hall–Kier alpha value is -2.32. The molecule has 0 saturated heterocycles. The molecule has 0 bridgehead atoms. The molecule has 0 fully saturated rings. The smallest absolute Gasteiger partial charge is 0.217 e. The van der Waals surface area contributed by atoms with Crippen molar-refractivity contribution in [2.75, 3.05) is 6.54 Å². The molecule has 4 unspecified atom stereocenters. The molecule has 4 atom stereocenters. The number of hydrogen-bond acceptors (Lipinski definition) is 4. The van der Waals surface area contributed by atoms with Gasteiger partial charge in [0, 0.05) is 23.2 Å². The molecule has 1 aliphatic carbocycles. The summed E-state index contributed by atoms with van der Waals surface area (Å²) >= 11 is 3.63. The average molecular weight is 537 g/mol. The van der Waals surface area contributed by atoms with Crippen molar-refractivity contribution in [1.82, 2.24) is 5.32 Å². The van der Waals surface area contributed by atoms with Gasteiger partial charge in [0.1, 0.15) is 17.7 Å². The Labute approximate surface area is 207 Å². The average Bonchev–Trinajstić information content (AvgIpc) is 2.69. The molecule has 1 heterocycles. The zero-order chi connectivity index (χ0) is 25.0. The lowest BCUT2D eigenvalue weighted by Gasteiger charge is -2.33. The summed E-state index contributed by atoms with van der Waals surface area (Å²) in [6.45, 7) is 7.87. The van der Waals surface area contributed by atoms with Gasteiger partial charge in [0.05, 0.1) is 30.9 Å². The van der Waals surface area contributed by atoms with Gasteiger partial charge in [0.15, 0.2) is 0 Å². The molecule has 0 aromatic heterocycles.